The van der Waals surface area contributed by atoms with Crippen molar-refractivity contribution in [3.05, 3.63) is 93.3 Å². The number of aliphatic carboxylic acids is 1. The fourth-order valence-corrected chi connectivity index (χ4v) is 6.63. The van der Waals surface area contributed by atoms with E-state index >= 15 is 0 Å². The molecule has 1 heterocycles. The summed E-state index contributed by atoms with van der Waals surface area (Å²) in [5.41, 5.74) is -0.139. The summed E-state index contributed by atoms with van der Waals surface area (Å²) in [5, 5.41) is 15.8. The smallest absolute Gasteiger partial charge is 0.461 e. The minimum Gasteiger partial charge on any atom is -0.481 e. The van der Waals surface area contributed by atoms with Crippen LogP contribution < -0.4 is 15.4 Å². The second kappa shape index (κ2) is 12.1. The number of alkyl halides is 4. The van der Waals surface area contributed by atoms with Crippen LogP contribution in [0, 0.1) is 21.3 Å². The van der Waals surface area contributed by atoms with Gasteiger partial charge < -0.3 is 20.5 Å². The summed E-state index contributed by atoms with van der Waals surface area (Å²) in [6.07, 6.45) is -4.79. The highest BCUT2D eigenvalue weighted by Crippen LogP contribution is 2.48. The van der Waals surface area contributed by atoms with Crippen LogP contribution in [0.3, 0.4) is 0 Å². The van der Waals surface area contributed by atoms with E-state index in [4.69, 9.17) is 0 Å². The molecular formula is C30H28F4IN3O4. The molecule has 12 heteroatoms. The number of carboxylic acid groups (broad SMARTS) is 1. The van der Waals surface area contributed by atoms with E-state index in [0.717, 1.165) is 28.0 Å². The minimum absolute atomic E-state index is 0.0184. The van der Waals surface area contributed by atoms with Gasteiger partial charge in [-0.15, -0.1) is 0 Å². The van der Waals surface area contributed by atoms with Gasteiger partial charge in [0, 0.05) is 22.2 Å². The molecular weight excluding hydrogens is 669 g/mol. The van der Waals surface area contributed by atoms with Crippen LogP contribution in [-0.2, 0) is 16.8 Å². The van der Waals surface area contributed by atoms with Crippen molar-refractivity contribution in [3.8, 4) is 5.75 Å². The first-order valence-corrected chi connectivity index (χ1v) is 14.5. The number of hydrogen-bond donors (Lipinski definition) is 3. The van der Waals surface area contributed by atoms with Crippen LogP contribution in [0.5, 0.6) is 5.75 Å². The molecule has 2 bridgehead atoms. The summed E-state index contributed by atoms with van der Waals surface area (Å²) in [6.45, 7) is 0. The molecule has 2 aliphatic carbocycles. The lowest BCUT2D eigenvalue weighted by atomic mass is 9.80. The van der Waals surface area contributed by atoms with Gasteiger partial charge in [-0.2, -0.15) is 17.6 Å². The largest absolute Gasteiger partial charge is 0.481 e. The van der Waals surface area contributed by atoms with E-state index in [0.29, 0.717) is 12.1 Å². The maximum atomic E-state index is 13.9. The van der Waals surface area contributed by atoms with E-state index in [-0.39, 0.29) is 23.8 Å². The molecule has 0 aliphatic heterocycles. The first-order chi connectivity index (χ1) is 20.0. The number of carbonyl (C=O) groups excluding carboxylic acids is 1. The van der Waals surface area contributed by atoms with Gasteiger partial charge in [0.25, 0.3) is 0 Å². The molecule has 3 aromatic rings. The van der Waals surface area contributed by atoms with E-state index < -0.39 is 47.8 Å². The summed E-state index contributed by atoms with van der Waals surface area (Å²) >= 11 is 2.07. The number of benzene rings is 2. The maximum Gasteiger partial charge on any atom is 0.461 e. The SMILES string of the molecule is O=C(N[C@@H]1[C@H]2CC[C@H](C2)[C@@H]1C(=O)O)N[C@@](Cc1ccccc1)(c1cccc(OC(F)(F)C(F)F)c1)c1ccc(I)cn1. The van der Waals surface area contributed by atoms with Crippen LogP contribution in [0.2, 0.25) is 0 Å². The molecule has 0 unspecified atom stereocenters. The van der Waals surface area contributed by atoms with E-state index in [1.165, 1.54) is 12.1 Å². The maximum absolute atomic E-state index is 13.9. The number of aromatic nitrogens is 1. The monoisotopic (exact) mass is 697 g/mol. The summed E-state index contributed by atoms with van der Waals surface area (Å²) in [6, 6.07) is 16.5. The molecule has 42 heavy (non-hydrogen) atoms. The average Bonchev–Trinajstić information content (AvgIpc) is 3.55. The molecule has 222 valence electrons. The highest BCUT2D eigenvalue weighted by molar-refractivity contribution is 14.1. The molecule has 2 aromatic carbocycles. The molecule has 3 N–H and O–H groups in total. The van der Waals surface area contributed by atoms with Gasteiger partial charge in [0.15, 0.2) is 0 Å². The van der Waals surface area contributed by atoms with Gasteiger partial charge in [0.2, 0.25) is 0 Å². The number of halogens is 5. The van der Waals surface area contributed by atoms with Crippen molar-refractivity contribution in [3.63, 3.8) is 0 Å². The number of fused-ring (bicyclic) bond motifs is 2. The first kappa shape index (κ1) is 30.1. The summed E-state index contributed by atoms with van der Waals surface area (Å²) in [7, 11) is 0. The Morgan fingerprint density at radius 3 is 2.45 bits per heavy atom. The van der Waals surface area contributed by atoms with Crippen molar-refractivity contribution in [2.45, 2.75) is 49.8 Å². The van der Waals surface area contributed by atoms with Crippen LogP contribution in [0.25, 0.3) is 0 Å². The first-order valence-electron chi connectivity index (χ1n) is 13.4. The quantitative estimate of drug-likeness (QED) is 0.173. The lowest BCUT2D eigenvalue weighted by molar-refractivity contribution is -0.253. The van der Waals surface area contributed by atoms with Crippen LogP contribution in [0.4, 0.5) is 22.4 Å². The molecule has 2 aliphatic rings. The van der Waals surface area contributed by atoms with Crippen LogP contribution in [-0.4, -0.2) is 40.7 Å². The summed E-state index contributed by atoms with van der Waals surface area (Å²) in [5.74, 6) is -2.21. The zero-order valence-electron chi connectivity index (χ0n) is 22.2. The Kier molecular flexibility index (Phi) is 8.63. The number of urea groups is 1. The lowest BCUT2D eigenvalue weighted by Gasteiger charge is -2.37. The Hall–Kier alpha value is -3.42. The molecule has 1 aromatic heterocycles. The number of carboxylic acids is 1. The zero-order chi connectivity index (χ0) is 30.1. The predicted octanol–water partition coefficient (Wildman–Crippen LogP) is 6.21. The van der Waals surface area contributed by atoms with E-state index in [1.54, 1.807) is 36.5 Å². The Morgan fingerprint density at radius 2 is 1.79 bits per heavy atom. The second-order valence-electron chi connectivity index (χ2n) is 10.7. The van der Waals surface area contributed by atoms with Gasteiger partial charge in [0.1, 0.15) is 11.3 Å². The number of rotatable bonds is 10. The predicted molar refractivity (Wildman–Crippen MR) is 153 cm³/mol. The molecule has 2 fully saturated rings. The van der Waals surface area contributed by atoms with E-state index in [2.05, 4.69) is 42.9 Å². The Labute approximate surface area is 253 Å². The molecule has 2 saturated carbocycles. The number of ether oxygens (including phenoxy) is 1. The van der Waals surface area contributed by atoms with Crippen LogP contribution in [0.15, 0.2) is 72.9 Å². The molecule has 5 rings (SSSR count). The number of carbonyl (C=O) groups is 2. The third-order valence-electron chi connectivity index (χ3n) is 8.14. The molecule has 2 amide bonds. The Morgan fingerprint density at radius 1 is 1.05 bits per heavy atom. The third kappa shape index (κ3) is 6.18. The van der Waals surface area contributed by atoms with Gasteiger partial charge in [0.05, 0.1) is 11.6 Å². The highest BCUT2D eigenvalue weighted by atomic mass is 127. The van der Waals surface area contributed by atoms with Crippen molar-refractivity contribution in [2.75, 3.05) is 0 Å². The number of pyridine rings is 1. The molecule has 0 saturated heterocycles. The van der Waals surface area contributed by atoms with Crippen molar-refractivity contribution in [1.29, 1.82) is 0 Å². The van der Waals surface area contributed by atoms with Gasteiger partial charge in [-0.3, -0.25) is 9.78 Å². The summed E-state index contributed by atoms with van der Waals surface area (Å²) < 4.78 is 58.8. The van der Waals surface area contributed by atoms with Crippen molar-refractivity contribution in [2.24, 2.45) is 17.8 Å². The van der Waals surface area contributed by atoms with E-state index in [1.807, 2.05) is 18.2 Å². The molecule has 0 radical (unpaired) electrons. The Bertz CT molecular complexity index is 1430. The number of amides is 2. The number of nitrogens with one attached hydrogen (secondary N) is 2. The van der Waals surface area contributed by atoms with Gasteiger partial charge in [-0.1, -0.05) is 42.5 Å². The van der Waals surface area contributed by atoms with Gasteiger partial charge >= 0.3 is 24.5 Å². The topological polar surface area (TPSA) is 101 Å². The van der Waals surface area contributed by atoms with Crippen LogP contribution >= 0.6 is 22.6 Å². The van der Waals surface area contributed by atoms with Gasteiger partial charge in [-0.05, 0) is 89.1 Å². The van der Waals surface area contributed by atoms with Crippen molar-refractivity contribution in [1.82, 2.24) is 15.6 Å². The highest BCUT2D eigenvalue weighted by Gasteiger charge is 2.52. The zero-order valence-corrected chi connectivity index (χ0v) is 24.3. The number of nitrogens with zero attached hydrogens (tertiary/aromatic N) is 1. The summed E-state index contributed by atoms with van der Waals surface area (Å²) in [4.78, 5) is 30.4. The van der Waals surface area contributed by atoms with Gasteiger partial charge in [-0.25, -0.2) is 4.79 Å². The fraction of sp³-hybridized carbons (Fsp3) is 0.367. The van der Waals surface area contributed by atoms with Crippen LogP contribution in [0.1, 0.15) is 36.1 Å². The van der Waals surface area contributed by atoms with Crippen molar-refractivity contribution < 1.29 is 37.0 Å². The third-order valence-corrected chi connectivity index (χ3v) is 8.78. The average molecular weight is 697 g/mol. The number of hydrogen-bond acceptors (Lipinski definition) is 4. The van der Waals surface area contributed by atoms with E-state index in [9.17, 15) is 32.3 Å². The molecule has 7 nitrogen and oxygen atoms in total. The normalized spacial score (nSPS) is 22.9. The Balaban J connectivity index is 1.58. The minimum atomic E-state index is -4.74. The van der Waals surface area contributed by atoms with Crippen molar-refractivity contribution >= 4 is 34.6 Å². The second-order valence-corrected chi connectivity index (χ2v) is 12.0. The standard InChI is InChI=1S/C30H28F4IN3O4/c31-27(32)30(33,34)42-22-8-4-7-20(14-22)29(15-17-5-2-1-3-6-17,23-12-11-21(35)16-36-23)38-28(41)37-25-19-10-9-18(13-19)24(25)26(39)40/h1-8,11-12,14,16,18-19,24-25,27H,9-10,13,15H2,(H,39,40)(H2,37,38,41)/t18-,19+,24+,25-,29+/m1/s1. The lowest BCUT2D eigenvalue weighted by Crippen LogP contribution is -2.57. The molecule has 5 atom stereocenters. The molecule has 0 spiro atoms. The fourth-order valence-electron chi connectivity index (χ4n) is 6.31.